The summed E-state index contributed by atoms with van der Waals surface area (Å²) in [6.45, 7) is 4.59. The molecule has 0 bridgehead atoms. The van der Waals surface area contributed by atoms with Crippen molar-refractivity contribution in [2.45, 2.75) is 44.3 Å². The fourth-order valence-corrected chi connectivity index (χ4v) is 6.23. The number of amides is 3. The molecule has 1 atom stereocenters. The molecular weight excluding hydrogens is 695 g/mol. The number of aryl methyl sites for hydroxylation is 1. The summed E-state index contributed by atoms with van der Waals surface area (Å²) in [6, 6.07) is 17.0. The number of halogens is 3. The third kappa shape index (κ3) is 7.85. The Balaban J connectivity index is 1.31. The first kappa shape index (κ1) is 36.5. The summed E-state index contributed by atoms with van der Waals surface area (Å²) in [5.41, 5.74) is 0.757. The quantitative estimate of drug-likeness (QED) is 0.0905. The maximum absolute atomic E-state index is 13.6. The lowest BCUT2D eigenvalue weighted by molar-refractivity contribution is -0.710. The molecule has 1 aliphatic rings. The van der Waals surface area contributed by atoms with Gasteiger partial charge in [-0.15, -0.1) is 5.01 Å². The third-order valence-corrected chi connectivity index (χ3v) is 9.25. The van der Waals surface area contributed by atoms with Gasteiger partial charge >= 0.3 is 6.18 Å². The van der Waals surface area contributed by atoms with Crippen LogP contribution < -0.4 is 4.72 Å². The van der Waals surface area contributed by atoms with Crippen LogP contribution in [-0.2, 0) is 25.8 Å². The average Bonchev–Trinajstić information content (AvgIpc) is 3.64. The van der Waals surface area contributed by atoms with Gasteiger partial charge in [0.15, 0.2) is 11.7 Å². The van der Waals surface area contributed by atoms with Gasteiger partial charge in [0.2, 0.25) is 12.0 Å². The van der Waals surface area contributed by atoms with Crippen molar-refractivity contribution in [1.82, 2.24) is 24.4 Å². The number of hydrogen-bond donors (Lipinski definition) is 1. The van der Waals surface area contributed by atoms with E-state index in [0.717, 1.165) is 38.4 Å². The summed E-state index contributed by atoms with van der Waals surface area (Å²) in [7, 11) is -3.38. The highest BCUT2D eigenvalue weighted by Gasteiger charge is 2.37. The number of hydrazine groups is 1. The minimum atomic E-state index is -4.74. The van der Waals surface area contributed by atoms with Crippen LogP contribution in [0.4, 0.5) is 13.2 Å². The smallest absolute Gasteiger partial charge is 0.435 e. The second-order valence-corrected chi connectivity index (χ2v) is 13.7. The van der Waals surface area contributed by atoms with Crippen LogP contribution in [0.2, 0.25) is 0 Å². The number of nitrogens with one attached hydrogen (secondary N) is 1. The van der Waals surface area contributed by atoms with E-state index in [0.29, 0.717) is 5.56 Å². The number of hydrogen-bond acceptors (Lipinski definition) is 9. The van der Waals surface area contributed by atoms with E-state index < -0.39 is 57.3 Å². The Morgan fingerprint density at radius 3 is 2.16 bits per heavy atom. The van der Waals surface area contributed by atoms with Gasteiger partial charge in [0, 0.05) is 5.56 Å². The van der Waals surface area contributed by atoms with Crippen molar-refractivity contribution in [2.75, 3.05) is 13.8 Å². The van der Waals surface area contributed by atoms with Crippen LogP contribution in [-0.4, -0.2) is 70.6 Å². The summed E-state index contributed by atoms with van der Waals surface area (Å²) < 4.78 is 70.3. The Bertz CT molecular complexity index is 2060. The molecule has 268 valence electrons. The largest absolute Gasteiger partial charge is 0.569 e. The maximum Gasteiger partial charge on any atom is 0.435 e. The van der Waals surface area contributed by atoms with Crippen LogP contribution in [0, 0.1) is 18.0 Å². The van der Waals surface area contributed by atoms with E-state index in [1.165, 1.54) is 31.3 Å². The Morgan fingerprint density at radius 1 is 1.02 bits per heavy atom. The van der Waals surface area contributed by atoms with Crippen molar-refractivity contribution in [2.24, 2.45) is 11.2 Å². The van der Waals surface area contributed by atoms with Crippen molar-refractivity contribution in [3.8, 4) is 16.9 Å². The lowest BCUT2D eigenvalue weighted by atomic mass is 10.0. The maximum atomic E-state index is 13.6. The lowest BCUT2D eigenvalue weighted by Crippen LogP contribution is -2.49. The first-order valence-corrected chi connectivity index (χ1v) is 16.9. The van der Waals surface area contributed by atoms with Crippen LogP contribution >= 0.6 is 0 Å². The van der Waals surface area contributed by atoms with Crippen molar-refractivity contribution in [1.29, 1.82) is 0 Å². The van der Waals surface area contributed by atoms with Crippen molar-refractivity contribution in [3.05, 3.63) is 106 Å². The van der Waals surface area contributed by atoms with Crippen molar-refractivity contribution >= 4 is 27.7 Å². The molecular formula is C33H32F3N7O7S. The summed E-state index contributed by atoms with van der Waals surface area (Å²) >= 11 is 0. The lowest BCUT2D eigenvalue weighted by Gasteiger charge is -2.24. The molecule has 51 heavy (non-hydrogen) atoms. The van der Waals surface area contributed by atoms with Gasteiger partial charge in [-0.1, -0.05) is 55.8 Å². The average molecular weight is 728 g/mol. The first-order chi connectivity index (χ1) is 24.0. The minimum Gasteiger partial charge on any atom is -0.569 e. The first-order valence-electron chi connectivity index (χ1n) is 15.4. The molecule has 5 rings (SSSR count). The summed E-state index contributed by atoms with van der Waals surface area (Å²) in [5, 5.41) is 20.6. The highest BCUT2D eigenvalue weighted by molar-refractivity contribution is 7.90. The molecule has 0 saturated heterocycles. The second kappa shape index (κ2) is 14.2. The van der Waals surface area contributed by atoms with Gasteiger partial charge in [0.1, 0.15) is 0 Å². The zero-order valence-electron chi connectivity index (χ0n) is 27.7. The topological polar surface area (TPSA) is 169 Å². The predicted molar refractivity (Wildman–Crippen MR) is 174 cm³/mol. The molecule has 1 N–H and O–H groups in total. The molecule has 0 saturated carbocycles. The Hall–Kier alpha value is -5.78. The fourth-order valence-electron chi connectivity index (χ4n) is 5.21. The zero-order chi connectivity index (χ0) is 37.2. The van der Waals surface area contributed by atoms with Gasteiger partial charge in [-0.05, 0) is 61.7 Å². The summed E-state index contributed by atoms with van der Waals surface area (Å²) in [4.78, 5) is 43.6. The fraction of sp³-hybridized carbons (Fsp3) is 0.273. The molecule has 3 aromatic carbocycles. The number of benzene rings is 3. The minimum absolute atomic E-state index is 0.00785. The molecule has 14 nitrogen and oxygen atoms in total. The van der Waals surface area contributed by atoms with E-state index in [2.05, 4.69) is 10.4 Å². The molecule has 4 aromatic rings. The molecule has 1 aliphatic heterocycles. The number of imide groups is 1. The molecule has 18 heteroatoms. The molecule has 0 spiro atoms. The van der Waals surface area contributed by atoms with E-state index in [-0.39, 0.29) is 39.8 Å². The van der Waals surface area contributed by atoms with Crippen LogP contribution in [0.25, 0.3) is 16.9 Å². The van der Waals surface area contributed by atoms with Gasteiger partial charge in [-0.2, -0.15) is 18.3 Å². The number of rotatable bonds is 12. The van der Waals surface area contributed by atoms with E-state index in [4.69, 9.17) is 4.84 Å². The Morgan fingerprint density at radius 2 is 1.61 bits per heavy atom. The molecule has 0 radical (unpaired) electrons. The van der Waals surface area contributed by atoms with Gasteiger partial charge < -0.3 is 10.0 Å². The van der Waals surface area contributed by atoms with E-state index >= 15 is 0 Å². The predicted octanol–water partition coefficient (Wildman–Crippen LogP) is 5.08. The monoisotopic (exact) mass is 727 g/mol. The van der Waals surface area contributed by atoms with Crippen molar-refractivity contribution in [3.63, 3.8) is 0 Å². The number of alkyl halides is 3. The highest BCUT2D eigenvalue weighted by Crippen LogP contribution is 2.33. The number of likely N-dealkylation sites (N-methyl/N-ethyl adjacent to an activating group) is 1. The van der Waals surface area contributed by atoms with Gasteiger partial charge in [0.25, 0.3) is 27.7 Å². The third-order valence-electron chi connectivity index (χ3n) is 7.88. The van der Waals surface area contributed by atoms with Crippen LogP contribution in [0.15, 0.2) is 89.0 Å². The Labute approximate surface area is 290 Å². The number of aromatic nitrogens is 2. The zero-order valence-corrected chi connectivity index (χ0v) is 28.5. The van der Waals surface area contributed by atoms with Gasteiger partial charge in [0.05, 0.1) is 39.4 Å². The molecule has 3 amide bonds. The number of nitrogens with zero attached hydrogens (tertiary/aromatic N) is 6. The molecule has 0 unspecified atom stereocenters. The van der Waals surface area contributed by atoms with Crippen LogP contribution in [0.5, 0.6) is 0 Å². The SMILES string of the molecule is Cc1ccc(-c2cc(C(F)(F)F)nn2-c2ccc(S(=O)(=O)NC(=O)[C@H](CC(C)C)N(C)/[N+]([O-])=N\OCN3C(=O)c4ccccc4C3=O)cc2)cc1. The van der Waals surface area contributed by atoms with E-state index in [1.54, 1.807) is 50.2 Å². The normalized spacial score (nSPS) is 14.1. The highest BCUT2D eigenvalue weighted by atomic mass is 32.2. The van der Waals surface area contributed by atoms with Crippen LogP contribution in [0.1, 0.15) is 52.2 Å². The van der Waals surface area contributed by atoms with E-state index in [1.807, 2.05) is 11.6 Å². The number of carbonyl (C=O) groups excluding carboxylic acids is 3. The van der Waals surface area contributed by atoms with Crippen molar-refractivity contribution < 1.29 is 45.8 Å². The standard InChI is InChI=1S/C33H32F3N7O7S/c1-20(2)17-28(40(4)43(47)39-50-19-41-31(45)25-7-5-6-8-26(25)32(41)46)30(44)38-51(48,49)24-15-13-23(14-16-24)42-27(18-29(37-42)33(34,35)36)22-11-9-21(3)10-12-22/h5-16,18,20,28H,17,19H2,1-4H3,(H,38,44)/b43-39+/t28-/m0/s1. The summed E-state index contributed by atoms with van der Waals surface area (Å²) in [6.07, 6.45) is -4.75. The summed E-state index contributed by atoms with van der Waals surface area (Å²) in [5.74, 6) is -2.59. The molecule has 0 fully saturated rings. The van der Waals surface area contributed by atoms with Gasteiger partial charge in [-0.25, -0.2) is 22.7 Å². The molecule has 2 heterocycles. The van der Waals surface area contributed by atoms with Gasteiger partial charge in [-0.3, -0.25) is 14.4 Å². The number of carbonyl (C=O) groups is 3. The molecule has 0 aliphatic carbocycles. The number of fused-ring (bicyclic) bond motifs is 1. The van der Waals surface area contributed by atoms with E-state index in [9.17, 15) is 41.2 Å². The Kier molecular flexibility index (Phi) is 10.2. The van der Waals surface area contributed by atoms with Crippen LogP contribution in [0.3, 0.4) is 0 Å². The second-order valence-electron chi connectivity index (χ2n) is 12.0. The molecule has 1 aromatic heterocycles. The number of sulfonamides is 1.